The number of hydrogen-bond donors (Lipinski definition) is 1. The molecule has 4 fully saturated rings. The Morgan fingerprint density at radius 3 is 2.75 bits per heavy atom. The van der Waals surface area contributed by atoms with Gasteiger partial charge in [-0.1, -0.05) is 20.8 Å². The van der Waals surface area contributed by atoms with Crippen LogP contribution in [0.1, 0.15) is 47.0 Å². The van der Waals surface area contributed by atoms with E-state index in [2.05, 4.69) is 20.8 Å². The molecule has 0 unspecified atom stereocenters. The van der Waals surface area contributed by atoms with Gasteiger partial charge in [-0.15, -0.1) is 0 Å². The van der Waals surface area contributed by atoms with Crippen LogP contribution in [0.4, 0.5) is 0 Å². The van der Waals surface area contributed by atoms with Crippen LogP contribution in [-0.4, -0.2) is 24.7 Å². The van der Waals surface area contributed by atoms with Gasteiger partial charge in [0.15, 0.2) is 0 Å². The SMILES string of the molecule is C[C@H](C[CH]B1O[C@@H]2C[C@@H]3C[C@@H](C3(C)C)[C@]2(C)O1)C(N)=O. The normalized spacial score (nSPS) is 42.8. The highest BCUT2D eigenvalue weighted by molar-refractivity contribution is 6.49. The number of hydrogen-bond acceptors (Lipinski definition) is 3. The van der Waals surface area contributed by atoms with Crippen LogP contribution in [0.3, 0.4) is 0 Å². The molecule has 0 spiro atoms. The van der Waals surface area contributed by atoms with E-state index in [1.165, 1.54) is 6.42 Å². The number of primary amides is 1. The molecule has 0 aromatic carbocycles. The predicted molar refractivity (Wildman–Crippen MR) is 77.4 cm³/mol. The van der Waals surface area contributed by atoms with Gasteiger partial charge in [-0.3, -0.25) is 4.79 Å². The van der Waals surface area contributed by atoms with Crippen LogP contribution in [0.15, 0.2) is 0 Å². The Labute approximate surface area is 121 Å². The summed E-state index contributed by atoms with van der Waals surface area (Å²) in [6.07, 6.45) is 5.12. The molecule has 2 bridgehead atoms. The standard InChI is InChI=1S/C15H25BNO3/c1-9(13(17)18)5-6-16-19-12-8-10-7-11(14(10,2)3)15(12,4)20-16/h6,9-12H,5,7-8H2,1-4H3,(H2,17,18)/t9-,10+,11+,12-,15+/m1/s1. The van der Waals surface area contributed by atoms with E-state index in [1.54, 1.807) is 0 Å². The maximum absolute atomic E-state index is 11.1. The third-order valence-electron chi connectivity index (χ3n) is 6.14. The minimum Gasteiger partial charge on any atom is -0.405 e. The lowest BCUT2D eigenvalue weighted by Crippen LogP contribution is -2.65. The summed E-state index contributed by atoms with van der Waals surface area (Å²) >= 11 is 0. The van der Waals surface area contributed by atoms with Gasteiger partial charge in [-0.05, 0) is 49.8 Å². The van der Waals surface area contributed by atoms with Crippen molar-refractivity contribution in [2.75, 3.05) is 0 Å². The second kappa shape index (κ2) is 4.47. The van der Waals surface area contributed by atoms with E-state index in [0.717, 1.165) is 12.3 Å². The third kappa shape index (κ3) is 1.93. The fourth-order valence-corrected chi connectivity index (χ4v) is 4.43. The Morgan fingerprint density at radius 2 is 2.15 bits per heavy atom. The highest BCUT2D eigenvalue weighted by atomic mass is 16.7. The number of rotatable bonds is 4. The second-order valence-electron chi connectivity index (χ2n) is 7.61. The minimum absolute atomic E-state index is 0.164. The molecule has 0 aromatic rings. The molecule has 3 saturated carbocycles. The molecule has 5 heteroatoms. The van der Waals surface area contributed by atoms with Crippen molar-refractivity contribution < 1.29 is 14.1 Å². The maximum Gasteiger partial charge on any atom is 0.460 e. The first kappa shape index (κ1) is 14.4. The monoisotopic (exact) mass is 278 g/mol. The van der Waals surface area contributed by atoms with Crippen molar-refractivity contribution in [2.24, 2.45) is 28.9 Å². The van der Waals surface area contributed by atoms with Crippen LogP contribution in [0.5, 0.6) is 0 Å². The van der Waals surface area contributed by atoms with Crippen LogP contribution in [0.25, 0.3) is 0 Å². The summed E-state index contributed by atoms with van der Waals surface area (Å²) < 4.78 is 12.3. The lowest BCUT2D eigenvalue weighted by atomic mass is 9.43. The highest BCUT2D eigenvalue weighted by Gasteiger charge is 2.67. The van der Waals surface area contributed by atoms with Gasteiger partial charge in [0, 0.05) is 5.92 Å². The van der Waals surface area contributed by atoms with E-state index in [0.29, 0.717) is 17.8 Å². The quantitative estimate of drug-likeness (QED) is 0.800. The Kier molecular flexibility index (Phi) is 3.22. The van der Waals surface area contributed by atoms with Crippen molar-refractivity contribution in [1.82, 2.24) is 0 Å². The lowest BCUT2D eigenvalue weighted by Gasteiger charge is -2.64. The average Bonchev–Trinajstić information content (AvgIpc) is 2.71. The van der Waals surface area contributed by atoms with Gasteiger partial charge in [0.2, 0.25) is 5.91 Å². The van der Waals surface area contributed by atoms with Gasteiger partial charge in [0.25, 0.3) is 0 Å². The van der Waals surface area contributed by atoms with Crippen LogP contribution >= 0.6 is 0 Å². The summed E-state index contributed by atoms with van der Waals surface area (Å²) in [5.74, 6) is 0.900. The van der Waals surface area contributed by atoms with E-state index in [-0.39, 0.29) is 30.6 Å². The minimum atomic E-state index is -0.290. The summed E-state index contributed by atoms with van der Waals surface area (Å²) in [7, 11) is -0.290. The average molecular weight is 278 g/mol. The van der Waals surface area contributed by atoms with Crippen molar-refractivity contribution in [3.05, 3.63) is 6.32 Å². The molecule has 1 radical (unpaired) electrons. The Balaban J connectivity index is 1.63. The van der Waals surface area contributed by atoms with Gasteiger partial charge >= 0.3 is 7.12 Å². The lowest BCUT2D eigenvalue weighted by molar-refractivity contribution is -0.199. The predicted octanol–water partition coefficient (Wildman–Crippen LogP) is 1.97. The topological polar surface area (TPSA) is 61.6 Å². The second-order valence-corrected chi connectivity index (χ2v) is 7.61. The summed E-state index contributed by atoms with van der Waals surface area (Å²) in [4.78, 5) is 11.1. The molecule has 20 heavy (non-hydrogen) atoms. The van der Waals surface area contributed by atoms with Crippen LogP contribution in [0.2, 0.25) is 0 Å². The fourth-order valence-electron chi connectivity index (χ4n) is 4.43. The number of carbonyl (C=O) groups excluding carboxylic acids is 1. The molecule has 4 aliphatic rings. The van der Waals surface area contributed by atoms with E-state index in [9.17, 15) is 4.79 Å². The number of carbonyl (C=O) groups is 1. The van der Waals surface area contributed by atoms with Crippen LogP contribution in [-0.2, 0) is 14.1 Å². The Morgan fingerprint density at radius 1 is 1.45 bits per heavy atom. The van der Waals surface area contributed by atoms with Gasteiger partial charge in [0.1, 0.15) is 0 Å². The van der Waals surface area contributed by atoms with Crippen molar-refractivity contribution >= 4 is 13.0 Å². The first-order valence-corrected chi connectivity index (χ1v) is 7.71. The van der Waals surface area contributed by atoms with E-state index < -0.39 is 0 Å². The van der Waals surface area contributed by atoms with Crippen LogP contribution < -0.4 is 5.73 Å². The molecule has 0 aromatic heterocycles. The molecule has 3 aliphatic carbocycles. The molecule has 1 saturated heterocycles. The van der Waals surface area contributed by atoms with Crippen molar-refractivity contribution in [2.45, 2.75) is 58.7 Å². The summed E-state index contributed by atoms with van der Waals surface area (Å²) in [6, 6.07) is 0. The zero-order chi connectivity index (χ0) is 14.7. The van der Waals surface area contributed by atoms with Crippen molar-refractivity contribution in [3.63, 3.8) is 0 Å². The van der Waals surface area contributed by atoms with E-state index in [1.807, 2.05) is 13.2 Å². The first-order chi connectivity index (χ1) is 9.25. The molecule has 1 aliphatic heterocycles. The molecule has 111 valence electrons. The van der Waals surface area contributed by atoms with E-state index >= 15 is 0 Å². The van der Waals surface area contributed by atoms with Crippen LogP contribution in [0, 0.1) is 29.5 Å². The molecule has 4 nitrogen and oxygen atoms in total. The van der Waals surface area contributed by atoms with Gasteiger partial charge in [-0.25, -0.2) is 0 Å². The van der Waals surface area contributed by atoms with Gasteiger partial charge < -0.3 is 15.0 Å². The Bertz CT molecular complexity index is 427. The third-order valence-corrected chi connectivity index (χ3v) is 6.14. The molecule has 5 atom stereocenters. The Hall–Kier alpha value is -0.545. The molecular weight excluding hydrogens is 253 g/mol. The highest BCUT2D eigenvalue weighted by Crippen LogP contribution is 2.65. The summed E-state index contributed by atoms with van der Waals surface area (Å²) in [5, 5.41) is 0. The smallest absolute Gasteiger partial charge is 0.405 e. The largest absolute Gasteiger partial charge is 0.460 e. The van der Waals surface area contributed by atoms with Crippen molar-refractivity contribution in [3.8, 4) is 0 Å². The molecular formula is C15H25BNO3. The summed E-state index contributed by atoms with van der Waals surface area (Å²) in [5.41, 5.74) is 5.48. The number of nitrogens with two attached hydrogens (primary N) is 1. The first-order valence-electron chi connectivity index (χ1n) is 7.71. The van der Waals surface area contributed by atoms with E-state index in [4.69, 9.17) is 15.0 Å². The molecule has 4 rings (SSSR count). The number of amides is 1. The zero-order valence-electron chi connectivity index (χ0n) is 12.9. The maximum atomic E-state index is 11.1. The van der Waals surface area contributed by atoms with Crippen molar-refractivity contribution in [1.29, 1.82) is 0 Å². The zero-order valence-corrected chi connectivity index (χ0v) is 12.9. The molecule has 1 amide bonds. The fraction of sp³-hybridized carbons (Fsp3) is 0.867. The summed E-state index contributed by atoms with van der Waals surface area (Å²) in [6.45, 7) is 8.74. The molecule has 2 N–H and O–H groups in total. The van der Waals surface area contributed by atoms with Gasteiger partial charge in [-0.2, -0.15) is 0 Å². The van der Waals surface area contributed by atoms with Gasteiger partial charge in [0.05, 0.1) is 11.7 Å². The molecule has 1 heterocycles.